The Bertz CT molecular complexity index is 178. The van der Waals surface area contributed by atoms with Crippen molar-refractivity contribution >= 4 is 0 Å². The van der Waals surface area contributed by atoms with Gasteiger partial charge in [-0.3, -0.25) is 0 Å². The Hall–Kier alpha value is -0.0400. The predicted molar refractivity (Wildman–Crippen MR) is 61.4 cm³/mol. The lowest BCUT2D eigenvalue weighted by Gasteiger charge is -2.30. The molecule has 3 unspecified atom stereocenters. The lowest BCUT2D eigenvalue weighted by atomic mass is 9.78. The number of likely N-dealkylation sites (tertiary alicyclic amines) is 1. The maximum absolute atomic E-state index is 2.64. The van der Waals surface area contributed by atoms with Crippen molar-refractivity contribution in [1.82, 2.24) is 4.90 Å². The van der Waals surface area contributed by atoms with E-state index in [1.165, 1.54) is 51.5 Å². The number of hydrogen-bond donors (Lipinski definition) is 0. The van der Waals surface area contributed by atoms with Crippen LogP contribution in [0.1, 0.15) is 51.9 Å². The van der Waals surface area contributed by atoms with Gasteiger partial charge in [0.25, 0.3) is 0 Å². The lowest BCUT2D eigenvalue weighted by Crippen LogP contribution is -2.31. The molecule has 82 valence electrons. The molecule has 14 heavy (non-hydrogen) atoms. The summed E-state index contributed by atoms with van der Waals surface area (Å²) in [5.74, 6) is 2.09. The number of fused-ring (bicyclic) bond motifs is 1. The van der Waals surface area contributed by atoms with Crippen LogP contribution in [0.15, 0.2) is 0 Å². The molecule has 0 spiro atoms. The summed E-state index contributed by atoms with van der Waals surface area (Å²) in [5.41, 5.74) is 0. The molecule has 1 saturated heterocycles. The number of rotatable bonds is 3. The number of unbranched alkanes of at least 4 members (excludes halogenated alkanes) is 1. The van der Waals surface area contributed by atoms with Crippen molar-refractivity contribution in [3.05, 3.63) is 0 Å². The second kappa shape index (κ2) is 4.65. The Morgan fingerprint density at radius 3 is 2.79 bits per heavy atom. The van der Waals surface area contributed by atoms with Crippen LogP contribution < -0.4 is 0 Å². The third-order valence-corrected chi connectivity index (χ3v) is 4.40. The van der Waals surface area contributed by atoms with Crippen LogP contribution in [0.25, 0.3) is 0 Å². The van der Waals surface area contributed by atoms with Gasteiger partial charge in [-0.2, -0.15) is 0 Å². The van der Waals surface area contributed by atoms with Crippen LogP contribution in [-0.4, -0.2) is 24.5 Å². The average Bonchev–Trinajstić information content (AvgIpc) is 2.54. The highest BCUT2D eigenvalue weighted by molar-refractivity contribution is 4.93. The molecular weight excluding hydrogens is 170 g/mol. The van der Waals surface area contributed by atoms with E-state index in [-0.39, 0.29) is 0 Å². The molecule has 0 radical (unpaired) electrons. The third-order valence-electron chi connectivity index (χ3n) is 4.40. The number of hydrogen-bond acceptors (Lipinski definition) is 1. The van der Waals surface area contributed by atoms with Gasteiger partial charge < -0.3 is 4.90 Å². The minimum Gasteiger partial charge on any atom is -0.303 e. The molecule has 0 amide bonds. The van der Waals surface area contributed by atoms with Crippen molar-refractivity contribution in [2.24, 2.45) is 11.8 Å². The Balaban J connectivity index is 1.92. The molecular formula is C13H25N. The van der Waals surface area contributed by atoms with E-state index in [0.717, 1.165) is 17.9 Å². The van der Waals surface area contributed by atoms with Gasteiger partial charge in [0.1, 0.15) is 0 Å². The summed E-state index contributed by atoms with van der Waals surface area (Å²) in [5, 5.41) is 0. The fraction of sp³-hybridized carbons (Fsp3) is 1.00. The summed E-state index contributed by atoms with van der Waals surface area (Å²) in [6.45, 7) is 3.70. The molecule has 0 aromatic heterocycles. The zero-order valence-corrected chi connectivity index (χ0v) is 9.84. The van der Waals surface area contributed by atoms with Crippen LogP contribution in [0.5, 0.6) is 0 Å². The van der Waals surface area contributed by atoms with Gasteiger partial charge in [0, 0.05) is 12.6 Å². The van der Waals surface area contributed by atoms with E-state index in [1.54, 1.807) is 0 Å². The highest BCUT2D eigenvalue weighted by Gasteiger charge is 2.39. The third kappa shape index (κ3) is 1.98. The molecule has 0 N–H and O–H groups in total. The minimum absolute atomic E-state index is 0.950. The van der Waals surface area contributed by atoms with Crippen LogP contribution in [0.3, 0.4) is 0 Å². The Labute approximate surface area is 88.9 Å². The van der Waals surface area contributed by atoms with Gasteiger partial charge in [-0.25, -0.2) is 0 Å². The summed E-state index contributed by atoms with van der Waals surface area (Å²) < 4.78 is 0. The van der Waals surface area contributed by atoms with Gasteiger partial charge in [0.2, 0.25) is 0 Å². The van der Waals surface area contributed by atoms with Crippen LogP contribution in [0.4, 0.5) is 0 Å². The van der Waals surface area contributed by atoms with Gasteiger partial charge in [-0.05, 0) is 38.1 Å². The molecule has 1 aliphatic heterocycles. The topological polar surface area (TPSA) is 3.24 Å². The van der Waals surface area contributed by atoms with E-state index in [2.05, 4.69) is 18.9 Å². The van der Waals surface area contributed by atoms with E-state index in [4.69, 9.17) is 0 Å². The quantitative estimate of drug-likeness (QED) is 0.668. The van der Waals surface area contributed by atoms with Crippen molar-refractivity contribution in [2.45, 2.75) is 57.9 Å². The van der Waals surface area contributed by atoms with E-state index >= 15 is 0 Å². The molecule has 1 saturated carbocycles. The minimum atomic E-state index is 0.950. The maximum Gasteiger partial charge on any atom is 0.0124 e. The van der Waals surface area contributed by atoms with Crippen molar-refractivity contribution in [2.75, 3.05) is 13.6 Å². The predicted octanol–water partition coefficient (Wildman–Crippen LogP) is 3.30. The summed E-state index contributed by atoms with van der Waals surface area (Å²) >= 11 is 0. The van der Waals surface area contributed by atoms with Crippen molar-refractivity contribution < 1.29 is 0 Å². The van der Waals surface area contributed by atoms with E-state index in [1.807, 2.05) is 0 Å². The molecule has 1 aliphatic carbocycles. The Morgan fingerprint density at radius 2 is 2.00 bits per heavy atom. The highest BCUT2D eigenvalue weighted by Crippen LogP contribution is 2.40. The molecule has 2 rings (SSSR count). The van der Waals surface area contributed by atoms with E-state index < -0.39 is 0 Å². The van der Waals surface area contributed by atoms with Gasteiger partial charge in [0.15, 0.2) is 0 Å². The van der Waals surface area contributed by atoms with Crippen LogP contribution in [-0.2, 0) is 0 Å². The molecule has 1 heteroatoms. The highest BCUT2D eigenvalue weighted by atomic mass is 15.2. The smallest absolute Gasteiger partial charge is 0.0124 e. The normalized spacial score (nSPS) is 38.6. The summed E-state index contributed by atoms with van der Waals surface area (Å²) in [7, 11) is 2.34. The van der Waals surface area contributed by atoms with Crippen molar-refractivity contribution in [3.63, 3.8) is 0 Å². The maximum atomic E-state index is 2.64. The fourth-order valence-corrected chi connectivity index (χ4v) is 3.65. The Morgan fingerprint density at radius 1 is 1.21 bits per heavy atom. The first-order valence-corrected chi connectivity index (χ1v) is 6.53. The van der Waals surface area contributed by atoms with Gasteiger partial charge in [-0.1, -0.05) is 32.6 Å². The molecule has 1 heterocycles. The lowest BCUT2D eigenvalue weighted by molar-refractivity contribution is 0.204. The van der Waals surface area contributed by atoms with Gasteiger partial charge in [0.05, 0.1) is 0 Å². The van der Waals surface area contributed by atoms with Crippen LogP contribution in [0.2, 0.25) is 0 Å². The largest absolute Gasteiger partial charge is 0.303 e. The molecule has 0 bridgehead atoms. The van der Waals surface area contributed by atoms with Crippen molar-refractivity contribution in [1.29, 1.82) is 0 Å². The second-order valence-electron chi connectivity index (χ2n) is 5.36. The summed E-state index contributed by atoms with van der Waals surface area (Å²) in [6.07, 6.45) is 10.3. The summed E-state index contributed by atoms with van der Waals surface area (Å²) in [4.78, 5) is 2.64. The van der Waals surface area contributed by atoms with Gasteiger partial charge in [-0.15, -0.1) is 0 Å². The first-order chi connectivity index (χ1) is 6.83. The Kier molecular flexibility index (Phi) is 3.48. The summed E-state index contributed by atoms with van der Waals surface area (Å²) in [6, 6.07) is 0.950. The first-order valence-electron chi connectivity index (χ1n) is 6.53. The standard InChI is InChI=1S/C13H25N/c1-3-4-7-11-10-14(2)13-9-6-5-8-12(11)13/h11-13H,3-10H2,1-2H3. The first kappa shape index (κ1) is 10.5. The SMILES string of the molecule is CCCCC1CN(C)C2CCCCC12. The zero-order chi connectivity index (χ0) is 9.97. The van der Waals surface area contributed by atoms with E-state index in [9.17, 15) is 0 Å². The molecule has 0 aromatic rings. The van der Waals surface area contributed by atoms with Crippen molar-refractivity contribution in [3.8, 4) is 0 Å². The molecule has 1 nitrogen and oxygen atoms in total. The van der Waals surface area contributed by atoms with E-state index in [0.29, 0.717) is 0 Å². The molecule has 2 aliphatic rings. The fourth-order valence-electron chi connectivity index (χ4n) is 3.65. The molecule has 2 fully saturated rings. The molecule has 0 aromatic carbocycles. The van der Waals surface area contributed by atoms with Crippen LogP contribution in [0, 0.1) is 11.8 Å². The number of nitrogens with zero attached hydrogens (tertiary/aromatic N) is 1. The molecule has 3 atom stereocenters. The second-order valence-corrected chi connectivity index (χ2v) is 5.36. The van der Waals surface area contributed by atoms with Crippen LogP contribution >= 0.6 is 0 Å². The zero-order valence-electron chi connectivity index (χ0n) is 9.84. The average molecular weight is 195 g/mol. The monoisotopic (exact) mass is 195 g/mol. The van der Waals surface area contributed by atoms with Gasteiger partial charge >= 0.3 is 0 Å².